The Bertz CT molecular complexity index is 667. The Hall–Kier alpha value is -2.42. The summed E-state index contributed by atoms with van der Waals surface area (Å²) in [7, 11) is 0. The van der Waals surface area contributed by atoms with Gasteiger partial charge in [0.2, 0.25) is 17.8 Å². The number of aryl methyl sites for hydroxylation is 1. The molecule has 0 unspecified atom stereocenters. The second kappa shape index (κ2) is 7.45. The van der Waals surface area contributed by atoms with Crippen LogP contribution in [0.2, 0.25) is 0 Å². The number of nitrogens with one attached hydrogen (secondary N) is 1. The molecule has 0 atom stereocenters. The van der Waals surface area contributed by atoms with Crippen molar-refractivity contribution >= 4 is 23.6 Å². The Balaban J connectivity index is 1.61. The zero-order valence-corrected chi connectivity index (χ0v) is 15.3. The van der Waals surface area contributed by atoms with E-state index < -0.39 is 0 Å². The third-order valence-corrected chi connectivity index (χ3v) is 4.95. The Morgan fingerprint density at radius 1 is 1.31 bits per heavy atom. The molecule has 1 spiro atoms. The molecule has 3 N–H and O–H groups in total. The number of amides is 2. The van der Waals surface area contributed by atoms with E-state index in [1.807, 2.05) is 13.0 Å². The van der Waals surface area contributed by atoms with Gasteiger partial charge in [-0.2, -0.15) is 4.98 Å². The molecule has 26 heavy (non-hydrogen) atoms. The first-order chi connectivity index (χ1) is 12.4. The summed E-state index contributed by atoms with van der Waals surface area (Å²) in [6, 6.07) is 1.93. The zero-order valence-electron chi connectivity index (χ0n) is 15.3. The fourth-order valence-electron chi connectivity index (χ4n) is 3.55. The molecule has 0 saturated carbocycles. The number of anilines is 2. The highest BCUT2D eigenvalue weighted by Crippen LogP contribution is 2.32. The predicted molar refractivity (Wildman–Crippen MR) is 96.6 cm³/mol. The van der Waals surface area contributed by atoms with Gasteiger partial charge in [-0.15, -0.1) is 0 Å². The minimum atomic E-state index is -0.281. The number of hydrogen-bond donors (Lipinski definition) is 2. The maximum Gasteiger partial charge on any atom is 0.241 e. The summed E-state index contributed by atoms with van der Waals surface area (Å²) in [5, 5.41) is 2.56. The van der Waals surface area contributed by atoms with Crippen LogP contribution in [0.15, 0.2) is 6.07 Å². The molecule has 2 saturated heterocycles. The van der Waals surface area contributed by atoms with Gasteiger partial charge in [-0.1, -0.05) is 0 Å². The van der Waals surface area contributed by atoms with Gasteiger partial charge in [-0.25, -0.2) is 4.98 Å². The fraction of sp³-hybridized carbons (Fsp3) is 0.647. The minimum Gasteiger partial charge on any atom is -0.371 e. The Kier molecular flexibility index (Phi) is 5.26. The average molecular weight is 362 g/mol. The lowest BCUT2D eigenvalue weighted by Crippen LogP contribution is -2.58. The van der Waals surface area contributed by atoms with E-state index in [0.717, 1.165) is 37.4 Å². The third-order valence-electron chi connectivity index (χ3n) is 4.95. The number of hydrogen-bond acceptors (Lipinski definition) is 7. The number of rotatable bonds is 3. The molecule has 0 bridgehead atoms. The molecular formula is C17H26N6O3. The summed E-state index contributed by atoms with van der Waals surface area (Å²) in [5.41, 5.74) is 6.34. The molecule has 1 aromatic heterocycles. The van der Waals surface area contributed by atoms with Crippen molar-refractivity contribution in [1.82, 2.24) is 20.2 Å². The Morgan fingerprint density at radius 3 is 2.69 bits per heavy atom. The van der Waals surface area contributed by atoms with Gasteiger partial charge in [-0.3, -0.25) is 9.59 Å². The molecule has 2 aliphatic rings. The predicted octanol–water partition coefficient (Wildman–Crippen LogP) is -0.299. The molecular weight excluding hydrogens is 336 g/mol. The van der Waals surface area contributed by atoms with Crippen molar-refractivity contribution in [1.29, 1.82) is 0 Å². The third kappa shape index (κ3) is 4.21. The number of nitrogen functional groups attached to an aromatic ring is 1. The standard InChI is InChI=1S/C17H26N6O3/c1-12-9-14(21-16(18)20-12)23-7-8-26-17(11-23)3-5-22(6-4-17)15(25)10-19-13(2)24/h9H,3-8,10-11H2,1-2H3,(H,19,24)(H2,18,20,21). The lowest BCUT2D eigenvalue weighted by Gasteiger charge is -2.47. The van der Waals surface area contributed by atoms with E-state index in [4.69, 9.17) is 10.5 Å². The van der Waals surface area contributed by atoms with Gasteiger partial charge in [0, 0.05) is 44.9 Å². The molecule has 1 aromatic rings. The maximum absolute atomic E-state index is 12.2. The topological polar surface area (TPSA) is 114 Å². The summed E-state index contributed by atoms with van der Waals surface area (Å²) < 4.78 is 6.12. The number of ether oxygens (including phenoxy) is 1. The first-order valence-corrected chi connectivity index (χ1v) is 8.89. The van der Waals surface area contributed by atoms with Crippen molar-refractivity contribution < 1.29 is 14.3 Å². The molecule has 3 heterocycles. The molecule has 3 rings (SSSR count). The number of morpholine rings is 1. The van der Waals surface area contributed by atoms with E-state index in [-0.39, 0.29) is 29.9 Å². The van der Waals surface area contributed by atoms with Crippen molar-refractivity contribution in [2.75, 3.05) is 50.0 Å². The van der Waals surface area contributed by atoms with Crippen LogP contribution < -0.4 is 16.0 Å². The van der Waals surface area contributed by atoms with Crippen LogP contribution in [0.5, 0.6) is 0 Å². The molecule has 0 radical (unpaired) electrons. The van der Waals surface area contributed by atoms with Crippen molar-refractivity contribution in [3.05, 3.63) is 11.8 Å². The van der Waals surface area contributed by atoms with Crippen LogP contribution >= 0.6 is 0 Å². The van der Waals surface area contributed by atoms with E-state index in [9.17, 15) is 9.59 Å². The van der Waals surface area contributed by atoms with Crippen LogP contribution in [0.1, 0.15) is 25.5 Å². The van der Waals surface area contributed by atoms with Crippen LogP contribution in [0, 0.1) is 6.92 Å². The largest absolute Gasteiger partial charge is 0.371 e. The van der Waals surface area contributed by atoms with Gasteiger partial charge < -0.3 is 25.6 Å². The second-order valence-electron chi connectivity index (χ2n) is 6.97. The quantitative estimate of drug-likeness (QED) is 0.759. The van der Waals surface area contributed by atoms with E-state index in [1.165, 1.54) is 6.92 Å². The van der Waals surface area contributed by atoms with Gasteiger partial charge in [0.15, 0.2) is 0 Å². The van der Waals surface area contributed by atoms with Crippen LogP contribution in [-0.2, 0) is 14.3 Å². The highest BCUT2D eigenvalue weighted by molar-refractivity contribution is 5.83. The molecule has 0 aliphatic carbocycles. The summed E-state index contributed by atoms with van der Waals surface area (Å²) in [6.45, 7) is 6.69. The van der Waals surface area contributed by atoms with Gasteiger partial charge in [-0.05, 0) is 19.8 Å². The molecule has 0 aromatic carbocycles. The van der Waals surface area contributed by atoms with Gasteiger partial charge >= 0.3 is 0 Å². The molecule has 142 valence electrons. The van der Waals surface area contributed by atoms with E-state index in [2.05, 4.69) is 20.2 Å². The van der Waals surface area contributed by atoms with Crippen molar-refractivity contribution in [2.24, 2.45) is 0 Å². The molecule has 2 fully saturated rings. The normalized spacial score (nSPS) is 19.5. The number of carbonyl (C=O) groups excluding carboxylic acids is 2. The van der Waals surface area contributed by atoms with E-state index >= 15 is 0 Å². The smallest absolute Gasteiger partial charge is 0.241 e. The summed E-state index contributed by atoms with van der Waals surface area (Å²) in [5.74, 6) is 0.847. The first-order valence-electron chi connectivity index (χ1n) is 8.89. The number of likely N-dealkylation sites (tertiary alicyclic amines) is 1. The average Bonchev–Trinajstić information content (AvgIpc) is 2.59. The minimum absolute atomic E-state index is 0.0504. The van der Waals surface area contributed by atoms with Gasteiger partial charge in [0.25, 0.3) is 0 Å². The lowest BCUT2D eigenvalue weighted by atomic mass is 9.89. The van der Waals surface area contributed by atoms with E-state index in [0.29, 0.717) is 19.7 Å². The van der Waals surface area contributed by atoms with Crippen LogP contribution in [0.4, 0.5) is 11.8 Å². The number of aromatic nitrogens is 2. The van der Waals surface area contributed by atoms with Gasteiger partial charge in [0.1, 0.15) is 5.82 Å². The van der Waals surface area contributed by atoms with Crippen LogP contribution in [0.25, 0.3) is 0 Å². The van der Waals surface area contributed by atoms with Crippen molar-refractivity contribution in [2.45, 2.75) is 32.3 Å². The zero-order chi connectivity index (χ0) is 18.7. The molecule has 2 amide bonds. The molecule has 9 nitrogen and oxygen atoms in total. The van der Waals surface area contributed by atoms with Crippen molar-refractivity contribution in [3.63, 3.8) is 0 Å². The summed E-state index contributed by atoms with van der Waals surface area (Å²) in [6.07, 6.45) is 1.52. The Labute approximate surface area is 152 Å². The summed E-state index contributed by atoms with van der Waals surface area (Å²) >= 11 is 0. The first kappa shape index (κ1) is 18.4. The number of nitrogens with zero attached hydrogens (tertiary/aromatic N) is 4. The van der Waals surface area contributed by atoms with Crippen molar-refractivity contribution in [3.8, 4) is 0 Å². The number of carbonyl (C=O) groups is 2. The van der Waals surface area contributed by atoms with E-state index in [1.54, 1.807) is 4.90 Å². The SMILES string of the molecule is CC(=O)NCC(=O)N1CCC2(CC1)CN(c1cc(C)nc(N)n1)CCO2. The Morgan fingerprint density at radius 2 is 2.04 bits per heavy atom. The van der Waals surface area contributed by atoms with Gasteiger partial charge in [0.05, 0.1) is 18.8 Å². The number of piperidine rings is 1. The molecule has 9 heteroatoms. The second-order valence-corrected chi connectivity index (χ2v) is 6.97. The highest BCUT2D eigenvalue weighted by atomic mass is 16.5. The monoisotopic (exact) mass is 362 g/mol. The maximum atomic E-state index is 12.2. The highest BCUT2D eigenvalue weighted by Gasteiger charge is 2.41. The fourth-order valence-corrected chi connectivity index (χ4v) is 3.55. The van der Waals surface area contributed by atoms with Crippen LogP contribution in [0.3, 0.4) is 0 Å². The molecule has 2 aliphatic heterocycles. The summed E-state index contributed by atoms with van der Waals surface area (Å²) in [4.78, 5) is 35.6. The van der Waals surface area contributed by atoms with Crippen LogP contribution in [-0.4, -0.2) is 71.6 Å². The lowest BCUT2D eigenvalue weighted by molar-refractivity contribution is -0.139. The number of nitrogens with two attached hydrogens (primary N) is 1.